The predicted octanol–water partition coefficient (Wildman–Crippen LogP) is 0.844. The summed E-state index contributed by atoms with van der Waals surface area (Å²) in [5.41, 5.74) is 5.63. The second-order valence-electron chi connectivity index (χ2n) is 12.6. The van der Waals surface area contributed by atoms with Gasteiger partial charge in [-0.15, -0.1) is 0 Å². The number of esters is 2. The van der Waals surface area contributed by atoms with Crippen LogP contribution in [-0.4, -0.2) is 95.4 Å². The predicted molar refractivity (Wildman–Crippen MR) is 167 cm³/mol. The molecular weight excluding hydrogens is 596 g/mol. The summed E-state index contributed by atoms with van der Waals surface area (Å²) in [6.07, 6.45) is 1.86. The number of carbonyl (C=O) groups excluding carboxylic acids is 4. The lowest BCUT2D eigenvalue weighted by molar-refractivity contribution is -0.171. The molecule has 2 amide bonds. The van der Waals surface area contributed by atoms with Crippen LogP contribution in [0.25, 0.3) is 0 Å². The van der Waals surface area contributed by atoms with Crippen LogP contribution in [0, 0.1) is 6.92 Å². The number of nitrogens with two attached hydrogens (primary N) is 1. The lowest BCUT2D eigenvalue weighted by Gasteiger charge is -2.58. The fourth-order valence-electron chi connectivity index (χ4n) is 7.12. The number of piperidine rings is 1. The van der Waals surface area contributed by atoms with E-state index in [1.54, 1.807) is 12.1 Å². The van der Waals surface area contributed by atoms with Gasteiger partial charge in [0.15, 0.2) is 12.2 Å². The van der Waals surface area contributed by atoms with Gasteiger partial charge in [-0.2, -0.15) is 0 Å². The number of aliphatic hydroxyl groups is 2. The van der Waals surface area contributed by atoms with Gasteiger partial charge in [-0.3, -0.25) is 14.4 Å². The van der Waals surface area contributed by atoms with Gasteiger partial charge in [0.05, 0.1) is 24.0 Å². The average Bonchev–Trinajstić information content (AvgIpc) is 3.37. The van der Waals surface area contributed by atoms with Crippen molar-refractivity contribution >= 4 is 23.8 Å². The molecule has 0 bridgehead atoms. The van der Waals surface area contributed by atoms with E-state index in [1.165, 1.54) is 13.8 Å². The Morgan fingerprint density at radius 1 is 1.24 bits per heavy atom. The molecule has 6 atom stereocenters. The molecule has 254 valence electrons. The Morgan fingerprint density at radius 2 is 1.98 bits per heavy atom. The van der Waals surface area contributed by atoms with E-state index >= 15 is 0 Å². The fraction of sp³-hybridized carbons (Fsp3) is 0.636. The number of ether oxygens (including phenoxy) is 3. The first-order valence-electron chi connectivity index (χ1n) is 16.0. The van der Waals surface area contributed by atoms with Crippen LogP contribution in [0.1, 0.15) is 76.0 Å². The van der Waals surface area contributed by atoms with Crippen molar-refractivity contribution in [2.45, 2.75) is 108 Å². The topological polar surface area (TPSA) is 190 Å². The Bertz CT molecular complexity index is 1370. The van der Waals surface area contributed by atoms with Gasteiger partial charge in [0.2, 0.25) is 11.8 Å². The van der Waals surface area contributed by atoms with Crippen LogP contribution >= 0.6 is 0 Å². The normalized spacial score (nSPS) is 26.3. The Balaban J connectivity index is 1.42. The first-order valence-corrected chi connectivity index (χ1v) is 16.0. The summed E-state index contributed by atoms with van der Waals surface area (Å²) < 4.78 is 17.6. The second kappa shape index (κ2) is 14.5. The lowest BCUT2D eigenvalue weighted by Crippen LogP contribution is -2.71. The highest BCUT2D eigenvalue weighted by atomic mass is 16.6. The van der Waals surface area contributed by atoms with E-state index in [1.807, 2.05) is 27.0 Å². The molecule has 13 heteroatoms. The minimum absolute atomic E-state index is 0.0496. The van der Waals surface area contributed by atoms with Crippen LogP contribution < -0.4 is 21.1 Å². The molecule has 4 rings (SSSR count). The second-order valence-corrected chi connectivity index (χ2v) is 12.6. The van der Waals surface area contributed by atoms with E-state index in [2.05, 4.69) is 15.5 Å². The molecule has 46 heavy (non-hydrogen) atoms. The third-order valence-corrected chi connectivity index (χ3v) is 9.73. The standard InChI is InChI=1S/C33H48N4O9/c1-19-9-10-23(18-38)28-27(19)32-14-17-37(5)21(3)33(32,43)13-11-25(29(32)46-28)45-31(42)20(2)44-26(40)12-16-35-30(41)24(36-22(4)39)8-6-7-15-34/h9-11,20-21,24,29,38,43H,6-8,12-18,34H2,1-5H3,(H,35,41)(H,36,39)/t20-,21+,24-,29-,32-,33+/m0/s1. The maximum absolute atomic E-state index is 13.2. The summed E-state index contributed by atoms with van der Waals surface area (Å²) in [5.74, 6) is -1.58. The number of rotatable bonds is 13. The van der Waals surface area contributed by atoms with Gasteiger partial charge in [-0.05, 0) is 78.2 Å². The number of benzene rings is 1. The Hall–Kier alpha value is -3.52. The van der Waals surface area contributed by atoms with E-state index in [0.29, 0.717) is 50.1 Å². The lowest BCUT2D eigenvalue weighted by atomic mass is 9.54. The fourth-order valence-corrected chi connectivity index (χ4v) is 7.12. The number of amides is 2. The molecule has 1 saturated heterocycles. The highest BCUT2D eigenvalue weighted by Crippen LogP contribution is 2.61. The van der Waals surface area contributed by atoms with Crippen molar-refractivity contribution in [3.05, 3.63) is 40.7 Å². The van der Waals surface area contributed by atoms with Crippen molar-refractivity contribution in [1.82, 2.24) is 15.5 Å². The van der Waals surface area contributed by atoms with Gasteiger partial charge < -0.3 is 45.7 Å². The smallest absolute Gasteiger partial charge is 0.352 e. The van der Waals surface area contributed by atoms with Gasteiger partial charge in [-0.25, -0.2) is 4.79 Å². The largest absolute Gasteiger partial charge is 0.481 e. The molecule has 2 heterocycles. The number of aryl methyl sites for hydroxylation is 1. The van der Waals surface area contributed by atoms with Crippen LogP contribution in [-0.2, 0) is 40.7 Å². The van der Waals surface area contributed by atoms with E-state index in [-0.39, 0.29) is 43.7 Å². The monoisotopic (exact) mass is 644 g/mol. The third kappa shape index (κ3) is 6.64. The number of likely N-dealkylation sites (tertiary alicyclic amines) is 1. The number of fused-ring (bicyclic) bond motifs is 1. The third-order valence-electron chi connectivity index (χ3n) is 9.73. The molecule has 0 radical (unpaired) electrons. The number of carbonyl (C=O) groups is 4. The molecule has 1 fully saturated rings. The number of hydrogen-bond donors (Lipinski definition) is 5. The highest BCUT2D eigenvalue weighted by molar-refractivity contribution is 5.87. The van der Waals surface area contributed by atoms with Crippen molar-refractivity contribution in [3.63, 3.8) is 0 Å². The van der Waals surface area contributed by atoms with Gasteiger partial charge >= 0.3 is 11.9 Å². The summed E-state index contributed by atoms with van der Waals surface area (Å²) in [4.78, 5) is 52.0. The molecule has 0 saturated carbocycles. The number of aliphatic hydroxyl groups excluding tert-OH is 1. The van der Waals surface area contributed by atoms with Crippen molar-refractivity contribution in [3.8, 4) is 5.75 Å². The molecular formula is C33H48N4O9. The quantitative estimate of drug-likeness (QED) is 0.151. The van der Waals surface area contributed by atoms with E-state index in [9.17, 15) is 29.4 Å². The van der Waals surface area contributed by atoms with Crippen LogP contribution in [0.4, 0.5) is 0 Å². The summed E-state index contributed by atoms with van der Waals surface area (Å²) in [5, 5.41) is 27.7. The Kier molecular flexibility index (Phi) is 11.1. The molecule has 1 aromatic rings. The number of likely N-dealkylation sites (N-methyl/N-ethyl adjacent to an activating group) is 1. The maximum atomic E-state index is 13.2. The molecule has 13 nitrogen and oxygen atoms in total. The molecule has 0 aromatic heterocycles. The number of hydrogen-bond acceptors (Lipinski definition) is 11. The number of nitrogens with one attached hydrogen (secondary N) is 2. The Labute approximate surface area is 269 Å². The molecule has 2 aliphatic heterocycles. The molecule has 1 spiro atoms. The van der Waals surface area contributed by atoms with Crippen LogP contribution in [0.15, 0.2) is 24.0 Å². The van der Waals surface area contributed by atoms with Gasteiger partial charge in [0, 0.05) is 37.1 Å². The van der Waals surface area contributed by atoms with Crippen molar-refractivity contribution in [2.75, 3.05) is 26.7 Å². The zero-order valence-electron chi connectivity index (χ0n) is 27.4. The van der Waals surface area contributed by atoms with Crippen molar-refractivity contribution in [2.24, 2.45) is 5.73 Å². The number of unbranched alkanes of at least 4 members (excludes halogenated alkanes) is 1. The number of nitrogens with zero attached hydrogens (tertiary/aromatic N) is 1. The van der Waals surface area contributed by atoms with Gasteiger partial charge in [0.25, 0.3) is 0 Å². The van der Waals surface area contributed by atoms with Crippen LogP contribution in [0.3, 0.4) is 0 Å². The summed E-state index contributed by atoms with van der Waals surface area (Å²) in [7, 11) is 1.96. The van der Waals surface area contributed by atoms with Crippen molar-refractivity contribution < 1.29 is 43.6 Å². The van der Waals surface area contributed by atoms with Crippen LogP contribution in [0.5, 0.6) is 5.75 Å². The first kappa shape index (κ1) is 35.3. The average molecular weight is 645 g/mol. The van der Waals surface area contributed by atoms with E-state index < -0.39 is 47.1 Å². The SMILES string of the molecule is CC(=O)N[C@@H](CCCCN)C(=O)NCCC(=O)O[C@@H](C)C(=O)OC1=CC[C@@]2(O)[C@@H](C)N(C)CC[C@@]23c2c(C)ccc(CO)c2O[C@@H]13. The molecule has 1 aromatic carbocycles. The summed E-state index contributed by atoms with van der Waals surface area (Å²) in [6, 6.07) is 2.71. The van der Waals surface area contributed by atoms with Gasteiger partial charge in [-0.1, -0.05) is 12.1 Å². The zero-order valence-corrected chi connectivity index (χ0v) is 27.4. The molecule has 6 N–H and O–H groups in total. The van der Waals surface area contributed by atoms with Crippen molar-refractivity contribution in [1.29, 1.82) is 0 Å². The van der Waals surface area contributed by atoms with E-state index in [4.69, 9.17) is 19.9 Å². The summed E-state index contributed by atoms with van der Waals surface area (Å²) in [6.45, 7) is 7.47. The van der Waals surface area contributed by atoms with Crippen LogP contribution in [0.2, 0.25) is 0 Å². The molecule has 0 unspecified atom stereocenters. The molecule has 1 aliphatic carbocycles. The minimum atomic E-state index is -1.26. The molecule has 3 aliphatic rings. The minimum Gasteiger partial charge on any atom is -0.481 e. The maximum Gasteiger partial charge on any atom is 0.352 e. The Morgan fingerprint density at radius 3 is 2.65 bits per heavy atom. The zero-order chi connectivity index (χ0) is 33.8. The van der Waals surface area contributed by atoms with Gasteiger partial charge in [0.1, 0.15) is 17.6 Å². The van der Waals surface area contributed by atoms with E-state index in [0.717, 1.165) is 11.1 Å². The highest BCUT2D eigenvalue weighted by Gasteiger charge is 2.69. The first-order chi connectivity index (χ1) is 21.8. The summed E-state index contributed by atoms with van der Waals surface area (Å²) >= 11 is 0.